The molecule has 122 valence electrons. The Kier molecular flexibility index (Phi) is 10.4. The molecule has 0 aliphatic carbocycles. The quantitative estimate of drug-likeness (QED) is 0.315. The van der Waals surface area contributed by atoms with Gasteiger partial charge in [-0.15, -0.1) is 0 Å². The Morgan fingerprint density at radius 2 is 1.71 bits per heavy atom. The van der Waals surface area contributed by atoms with Crippen LogP contribution in [0.4, 0.5) is 0 Å². The highest BCUT2D eigenvalue weighted by molar-refractivity contribution is 5.84. The van der Waals surface area contributed by atoms with E-state index in [9.17, 15) is 0 Å². The van der Waals surface area contributed by atoms with Crippen molar-refractivity contribution >= 4 is 5.71 Å². The molecular formula is C20H37N. The highest BCUT2D eigenvalue weighted by atomic mass is 14.7. The Balaban J connectivity index is 4.61. The lowest BCUT2D eigenvalue weighted by molar-refractivity contribution is 0.240. The molecule has 21 heavy (non-hydrogen) atoms. The summed E-state index contributed by atoms with van der Waals surface area (Å²) in [7, 11) is 0. The van der Waals surface area contributed by atoms with E-state index in [1.807, 2.05) is 12.3 Å². The molecule has 0 aliphatic heterocycles. The fourth-order valence-corrected chi connectivity index (χ4v) is 2.77. The topological polar surface area (TPSA) is 12.4 Å². The van der Waals surface area contributed by atoms with E-state index in [0.29, 0.717) is 5.92 Å². The van der Waals surface area contributed by atoms with Gasteiger partial charge in [0, 0.05) is 11.9 Å². The van der Waals surface area contributed by atoms with Gasteiger partial charge in [-0.2, -0.15) is 0 Å². The smallest absolute Gasteiger partial charge is 0.0299 e. The van der Waals surface area contributed by atoms with Gasteiger partial charge in [-0.25, -0.2) is 0 Å². The van der Waals surface area contributed by atoms with Crippen molar-refractivity contribution in [3.8, 4) is 0 Å². The van der Waals surface area contributed by atoms with Crippen LogP contribution in [0.5, 0.6) is 0 Å². The molecule has 0 aromatic heterocycles. The van der Waals surface area contributed by atoms with Crippen LogP contribution < -0.4 is 0 Å². The van der Waals surface area contributed by atoms with Crippen molar-refractivity contribution < 1.29 is 0 Å². The molecule has 0 aromatic rings. The summed E-state index contributed by atoms with van der Waals surface area (Å²) in [6.45, 7) is 19.8. The van der Waals surface area contributed by atoms with E-state index < -0.39 is 0 Å². The van der Waals surface area contributed by atoms with Crippen LogP contribution in [0.25, 0.3) is 0 Å². The molecule has 1 nitrogen and oxygen atoms in total. The van der Waals surface area contributed by atoms with Gasteiger partial charge in [-0.05, 0) is 49.0 Å². The number of nitrogens with zero attached hydrogens (tertiary/aromatic N) is 1. The third-order valence-corrected chi connectivity index (χ3v) is 4.63. The van der Waals surface area contributed by atoms with E-state index in [4.69, 9.17) is 0 Å². The fraction of sp³-hybridized carbons (Fsp3) is 0.750. The zero-order valence-corrected chi connectivity index (χ0v) is 15.4. The molecule has 0 radical (unpaired) electrons. The monoisotopic (exact) mass is 291 g/mol. The average Bonchev–Trinajstić information content (AvgIpc) is 2.43. The van der Waals surface area contributed by atoms with Gasteiger partial charge in [0.05, 0.1) is 0 Å². The largest absolute Gasteiger partial charge is 0.265 e. The third-order valence-electron chi connectivity index (χ3n) is 4.63. The van der Waals surface area contributed by atoms with Crippen molar-refractivity contribution in [1.82, 2.24) is 0 Å². The normalized spacial score (nSPS) is 16.4. The van der Waals surface area contributed by atoms with Crippen LogP contribution in [0, 0.1) is 23.7 Å². The molecule has 0 amide bonds. The van der Waals surface area contributed by atoms with Gasteiger partial charge in [0.15, 0.2) is 0 Å². The second kappa shape index (κ2) is 10.8. The molecule has 0 N–H and O–H groups in total. The predicted molar refractivity (Wildman–Crippen MR) is 97.9 cm³/mol. The highest BCUT2D eigenvalue weighted by Gasteiger charge is 2.19. The van der Waals surface area contributed by atoms with Crippen LogP contribution in [0.15, 0.2) is 29.4 Å². The molecule has 0 saturated heterocycles. The fourth-order valence-electron chi connectivity index (χ4n) is 2.77. The minimum atomic E-state index is 0.515. The zero-order chi connectivity index (χ0) is 16.4. The molecule has 0 spiro atoms. The average molecular weight is 292 g/mol. The maximum atomic E-state index is 4.57. The molecule has 0 fully saturated rings. The van der Waals surface area contributed by atoms with Gasteiger partial charge < -0.3 is 0 Å². The summed E-state index contributed by atoms with van der Waals surface area (Å²) in [6, 6.07) is 0. The van der Waals surface area contributed by atoms with Gasteiger partial charge in [-0.3, -0.25) is 4.99 Å². The van der Waals surface area contributed by atoms with Gasteiger partial charge in [0.25, 0.3) is 0 Å². The number of aliphatic imine (C=N–C) groups is 1. The summed E-state index contributed by atoms with van der Waals surface area (Å²) in [5, 5.41) is 0. The first-order valence-corrected chi connectivity index (χ1v) is 8.69. The van der Waals surface area contributed by atoms with Crippen LogP contribution in [0.2, 0.25) is 0 Å². The van der Waals surface area contributed by atoms with Gasteiger partial charge in [0.1, 0.15) is 0 Å². The number of rotatable bonds is 10. The van der Waals surface area contributed by atoms with Crippen molar-refractivity contribution in [2.45, 2.75) is 74.1 Å². The minimum Gasteiger partial charge on any atom is -0.265 e. The van der Waals surface area contributed by atoms with E-state index in [1.165, 1.54) is 30.5 Å². The van der Waals surface area contributed by atoms with Gasteiger partial charge in [0.2, 0.25) is 0 Å². The summed E-state index contributed by atoms with van der Waals surface area (Å²) in [4.78, 5) is 4.57. The summed E-state index contributed by atoms with van der Waals surface area (Å²) < 4.78 is 0. The first-order chi connectivity index (χ1) is 9.83. The molecule has 0 aliphatic rings. The second-order valence-corrected chi connectivity index (χ2v) is 7.05. The van der Waals surface area contributed by atoms with Crippen LogP contribution in [-0.4, -0.2) is 5.71 Å². The van der Waals surface area contributed by atoms with Crippen LogP contribution >= 0.6 is 0 Å². The summed E-state index contributed by atoms with van der Waals surface area (Å²) in [5.41, 5.74) is 2.45. The van der Waals surface area contributed by atoms with E-state index in [0.717, 1.165) is 24.2 Å². The lowest BCUT2D eigenvalue weighted by atomic mass is 9.79. The van der Waals surface area contributed by atoms with E-state index in [-0.39, 0.29) is 0 Å². The Morgan fingerprint density at radius 1 is 1.10 bits per heavy atom. The molecule has 0 rings (SSSR count). The van der Waals surface area contributed by atoms with Crippen LogP contribution in [-0.2, 0) is 0 Å². The Morgan fingerprint density at radius 3 is 2.14 bits per heavy atom. The van der Waals surface area contributed by atoms with Gasteiger partial charge in [-0.1, -0.05) is 67.0 Å². The number of allylic oxidation sites excluding steroid dienone is 2. The Labute approximate surface area is 133 Å². The lowest BCUT2D eigenvalue weighted by Gasteiger charge is -2.27. The first-order valence-electron chi connectivity index (χ1n) is 8.69. The molecule has 1 heteroatoms. The lowest BCUT2D eigenvalue weighted by Crippen LogP contribution is -2.18. The molecule has 2 atom stereocenters. The maximum absolute atomic E-state index is 4.57. The molecule has 0 heterocycles. The summed E-state index contributed by atoms with van der Waals surface area (Å²) >= 11 is 0. The number of hydrogen-bond donors (Lipinski definition) is 0. The van der Waals surface area contributed by atoms with Crippen LogP contribution in [0.1, 0.15) is 74.1 Å². The zero-order valence-electron chi connectivity index (χ0n) is 15.4. The van der Waals surface area contributed by atoms with Crippen molar-refractivity contribution in [2.24, 2.45) is 28.7 Å². The Hall–Kier alpha value is -0.850. The van der Waals surface area contributed by atoms with Crippen molar-refractivity contribution in [3.63, 3.8) is 0 Å². The molecule has 0 bridgehead atoms. The second-order valence-electron chi connectivity index (χ2n) is 7.05. The molecular weight excluding hydrogens is 254 g/mol. The highest BCUT2D eigenvalue weighted by Crippen LogP contribution is 2.30. The van der Waals surface area contributed by atoms with Crippen molar-refractivity contribution in [1.29, 1.82) is 0 Å². The first kappa shape index (κ1) is 20.1. The standard InChI is InChI=1S/C20H37N/c1-9-11-20(16(5)6)17(7)12-13-19(10-2)14-21-18(8)15(3)4/h10,14-17,20H,2,9,11-13H2,1,3-8H3/b19-14+,21-18?. The van der Waals surface area contributed by atoms with Crippen molar-refractivity contribution in [2.75, 3.05) is 0 Å². The summed E-state index contributed by atoms with van der Waals surface area (Å²) in [6.07, 6.45) is 8.93. The van der Waals surface area contributed by atoms with E-state index in [1.54, 1.807) is 0 Å². The number of hydrogen-bond acceptors (Lipinski definition) is 1. The SMILES string of the molecule is C=C/C(=C\N=C(C)C(C)C)CCC(C)C(CCC)C(C)C. The molecule has 2 unspecified atom stereocenters. The molecule has 0 aromatic carbocycles. The third kappa shape index (κ3) is 8.24. The van der Waals surface area contributed by atoms with Crippen molar-refractivity contribution in [3.05, 3.63) is 24.4 Å². The minimum absolute atomic E-state index is 0.515. The Bertz CT molecular complexity index is 347. The maximum Gasteiger partial charge on any atom is 0.0299 e. The molecule has 0 saturated carbocycles. The van der Waals surface area contributed by atoms with E-state index in [2.05, 4.69) is 60.0 Å². The van der Waals surface area contributed by atoms with Crippen LogP contribution in [0.3, 0.4) is 0 Å². The summed E-state index contributed by atoms with van der Waals surface area (Å²) in [5.74, 6) is 2.89. The van der Waals surface area contributed by atoms with E-state index >= 15 is 0 Å². The predicted octanol–water partition coefficient (Wildman–Crippen LogP) is 6.66. The van der Waals surface area contributed by atoms with Gasteiger partial charge >= 0.3 is 0 Å².